The molecule has 1 amide bonds. The van der Waals surface area contributed by atoms with Crippen molar-refractivity contribution in [2.24, 2.45) is 0 Å². The molecular weight excluding hydrogens is 279 g/mol. The third-order valence-electron chi connectivity index (χ3n) is 1.88. The summed E-state index contributed by atoms with van der Waals surface area (Å²) in [6, 6.07) is -0.871. The van der Waals surface area contributed by atoms with Gasteiger partial charge in [0.25, 0.3) is 0 Å². The maximum absolute atomic E-state index is 11.8. The summed E-state index contributed by atoms with van der Waals surface area (Å²) >= 11 is 0. The lowest BCUT2D eigenvalue weighted by atomic mass is 10.2. The molecule has 0 fully saturated rings. The Labute approximate surface area is 115 Å². The number of alkyl halides is 3. The van der Waals surface area contributed by atoms with Crippen LogP contribution in [0, 0.1) is 0 Å². The second kappa shape index (κ2) is 7.47. The van der Waals surface area contributed by atoms with Crippen LogP contribution in [0.4, 0.5) is 13.2 Å². The van der Waals surface area contributed by atoms with Gasteiger partial charge in [-0.2, -0.15) is 13.2 Å². The molecule has 0 aromatic heterocycles. The van der Waals surface area contributed by atoms with Crippen molar-refractivity contribution in [3.05, 3.63) is 0 Å². The molecule has 0 saturated carbocycles. The smallest absolute Gasteiger partial charge is 0.411 e. The summed E-state index contributed by atoms with van der Waals surface area (Å²) in [5, 5.41) is 2.33. The molecule has 1 N–H and O–H groups in total. The number of carbonyl (C=O) groups excluding carboxylic acids is 2. The fraction of sp³-hybridized carbons (Fsp3) is 0.833. The van der Waals surface area contributed by atoms with Crippen molar-refractivity contribution in [2.45, 2.75) is 51.9 Å². The van der Waals surface area contributed by atoms with E-state index in [1.807, 2.05) is 0 Å². The zero-order valence-corrected chi connectivity index (χ0v) is 12.0. The molecule has 8 heteroatoms. The van der Waals surface area contributed by atoms with Crippen LogP contribution in [0.3, 0.4) is 0 Å². The summed E-state index contributed by atoms with van der Waals surface area (Å²) in [4.78, 5) is 22.9. The van der Waals surface area contributed by atoms with Crippen LogP contribution in [0.25, 0.3) is 0 Å². The second-order valence-electron chi connectivity index (χ2n) is 5.24. The SMILES string of the molecule is C[C@H](NC(=O)CCOCC(F)(F)F)C(=O)OC(C)(C)C. The molecule has 0 radical (unpaired) electrons. The largest absolute Gasteiger partial charge is 0.458 e. The van der Waals surface area contributed by atoms with E-state index in [1.165, 1.54) is 6.92 Å². The summed E-state index contributed by atoms with van der Waals surface area (Å²) in [6.07, 6.45) is -4.68. The average Bonchev–Trinajstić information content (AvgIpc) is 2.20. The number of hydrogen-bond donors (Lipinski definition) is 1. The number of rotatable bonds is 6. The summed E-state index contributed by atoms with van der Waals surface area (Å²) in [7, 11) is 0. The van der Waals surface area contributed by atoms with Gasteiger partial charge in [-0.15, -0.1) is 0 Å². The van der Waals surface area contributed by atoms with Crippen LogP contribution in [0.2, 0.25) is 0 Å². The normalized spacial score (nSPS) is 13.8. The van der Waals surface area contributed by atoms with Gasteiger partial charge in [0.2, 0.25) is 5.91 Å². The minimum atomic E-state index is -4.42. The summed E-state index contributed by atoms with van der Waals surface area (Å²) in [5.41, 5.74) is -0.675. The Bertz CT molecular complexity index is 337. The first kappa shape index (κ1) is 18.7. The lowest BCUT2D eigenvalue weighted by molar-refractivity contribution is -0.174. The van der Waals surface area contributed by atoms with E-state index in [0.717, 1.165) is 0 Å². The van der Waals surface area contributed by atoms with Crippen LogP contribution >= 0.6 is 0 Å². The van der Waals surface area contributed by atoms with Crippen molar-refractivity contribution in [1.29, 1.82) is 0 Å². The second-order valence-corrected chi connectivity index (χ2v) is 5.24. The Hall–Kier alpha value is -1.31. The third-order valence-corrected chi connectivity index (χ3v) is 1.88. The van der Waals surface area contributed by atoms with Gasteiger partial charge in [0.15, 0.2) is 0 Å². The topological polar surface area (TPSA) is 64.6 Å². The van der Waals surface area contributed by atoms with E-state index < -0.39 is 36.3 Å². The molecule has 0 aliphatic heterocycles. The molecule has 0 heterocycles. The Balaban J connectivity index is 3.94. The van der Waals surface area contributed by atoms with Crippen LogP contribution in [0.1, 0.15) is 34.1 Å². The van der Waals surface area contributed by atoms with Crippen LogP contribution < -0.4 is 5.32 Å². The number of esters is 1. The number of hydrogen-bond acceptors (Lipinski definition) is 4. The minimum absolute atomic E-state index is 0.261. The van der Waals surface area contributed by atoms with Crippen LogP contribution in [0.5, 0.6) is 0 Å². The average molecular weight is 299 g/mol. The van der Waals surface area contributed by atoms with Gasteiger partial charge in [0.1, 0.15) is 18.2 Å². The Morgan fingerprint density at radius 2 is 1.75 bits per heavy atom. The Kier molecular flexibility index (Phi) is 6.98. The Morgan fingerprint density at radius 1 is 1.20 bits per heavy atom. The number of amides is 1. The molecular formula is C12H20F3NO4. The van der Waals surface area contributed by atoms with Crippen molar-refractivity contribution < 1.29 is 32.2 Å². The molecule has 0 aliphatic rings. The zero-order valence-electron chi connectivity index (χ0n) is 12.0. The lowest BCUT2D eigenvalue weighted by Crippen LogP contribution is -2.42. The first-order valence-corrected chi connectivity index (χ1v) is 6.07. The molecule has 0 bridgehead atoms. The molecule has 1 atom stereocenters. The van der Waals surface area contributed by atoms with Gasteiger partial charge in [-0.1, -0.05) is 0 Å². The number of carbonyl (C=O) groups is 2. The van der Waals surface area contributed by atoms with Gasteiger partial charge in [-0.25, -0.2) is 4.79 Å². The van der Waals surface area contributed by atoms with E-state index in [1.54, 1.807) is 20.8 Å². The molecule has 20 heavy (non-hydrogen) atoms. The summed E-state index contributed by atoms with van der Waals surface area (Å²) in [6.45, 7) is 4.72. The quantitative estimate of drug-likeness (QED) is 0.600. The van der Waals surface area contributed by atoms with E-state index in [4.69, 9.17) is 4.74 Å². The molecule has 0 rings (SSSR count). The first-order chi connectivity index (χ1) is 8.91. The van der Waals surface area contributed by atoms with Gasteiger partial charge in [0.05, 0.1) is 6.61 Å². The van der Waals surface area contributed by atoms with E-state index in [-0.39, 0.29) is 13.0 Å². The fourth-order valence-electron chi connectivity index (χ4n) is 1.12. The molecule has 0 saturated heterocycles. The molecule has 118 valence electrons. The summed E-state index contributed by atoms with van der Waals surface area (Å²) < 4.78 is 44.6. The van der Waals surface area contributed by atoms with E-state index in [2.05, 4.69) is 10.1 Å². The van der Waals surface area contributed by atoms with Crippen molar-refractivity contribution in [3.63, 3.8) is 0 Å². The van der Waals surface area contributed by atoms with Crippen molar-refractivity contribution in [2.75, 3.05) is 13.2 Å². The van der Waals surface area contributed by atoms with Crippen molar-refractivity contribution in [3.8, 4) is 0 Å². The highest BCUT2D eigenvalue weighted by molar-refractivity contribution is 5.84. The molecule has 5 nitrogen and oxygen atoms in total. The van der Waals surface area contributed by atoms with Gasteiger partial charge >= 0.3 is 12.1 Å². The minimum Gasteiger partial charge on any atom is -0.458 e. The van der Waals surface area contributed by atoms with Gasteiger partial charge in [0, 0.05) is 6.42 Å². The molecule has 0 aromatic rings. The highest BCUT2D eigenvalue weighted by Crippen LogP contribution is 2.14. The third kappa shape index (κ3) is 10.6. The maximum atomic E-state index is 11.8. The maximum Gasteiger partial charge on any atom is 0.411 e. The highest BCUT2D eigenvalue weighted by atomic mass is 19.4. The highest BCUT2D eigenvalue weighted by Gasteiger charge is 2.27. The van der Waals surface area contributed by atoms with Gasteiger partial charge in [-0.3, -0.25) is 4.79 Å². The molecule has 0 unspecified atom stereocenters. The van der Waals surface area contributed by atoms with Crippen LogP contribution in [-0.4, -0.2) is 42.9 Å². The van der Waals surface area contributed by atoms with E-state index >= 15 is 0 Å². The summed E-state index contributed by atoms with van der Waals surface area (Å²) in [5.74, 6) is -1.19. The van der Waals surface area contributed by atoms with Crippen LogP contribution in [-0.2, 0) is 19.1 Å². The monoisotopic (exact) mass is 299 g/mol. The van der Waals surface area contributed by atoms with E-state index in [9.17, 15) is 22.8 Å². The number of ether oxygens (including phenoxy) is 2. The standard InChI is InChI=1S/C12H20F3NO4/c1-8(10(18)20-11(2,3)4)16-9(17)5-6-19-7-12(13,14)15/h8H,5-7H2,1-4H3,(H,16,17)/t8-/m0/s1. The fourth-order valence-corrected chi connectivity index (χ4v) is 1.12. The van der Waals surface area contributed by atoms with Crippen molar-refractivity contribution >= 4 is 11.9 Å². The number of halogens is 3. The Morgan fingerprint density at radius 3 is 2.20 bits per heavy atom. The predicted octanol–water partition coefficient (Wildman–Crippen LogP) is 1.80. The molecule has 0 aliphatic carbocycles. The molecule has 0 spiro atoms. The predicted molar refractivity (Wildman–Crippen MR) is 64.9 cm³/mol. The van der Waals surface area contributed by atoms with Crippen LogP contribution in [0.15, 0.2) is 0 Å². The van der Waals surface area contributed by atoms with E-state index in [0.29, 0.717) is 0 Å². The first-order valence-electron chi connectivity index (χ1n) is 6.07. The van der Waals surface area contributed by atoms with Gasteiger partial charge in [-0.05, 0) is 27.7 Å². The lowest BCUT2D eigenvalue weighted by Gasteiger charge is -2.22. The van der Waals surface area contributed by atoms with Crippen molar-refractivity contribution in [1.82, 2.24) is 5.32 Å². The zero-order chi connectivity index (χ0) is 16.0. The number of nitrogens with one attached hydrogen (secondary N) is 1. The van der Waals surface area contributed by atoms with Gasteiger partial charge < -0.3 is 14.8 Å². The molecule has 0 aromatic carbocycles.